The normalized spacial score (nSPS) is 14.6. The van der Waals surface area contributed by atoms with Crippen molar-refractivity contribution in [3.63, 3.8) is 0 Å². The zero-order chi connectivity index (χ0) is 26.7. The van der Waals surface area contributed by atoms with Crippen molar-refractivity contribution in [1.29, 1.82) is 0 Å². The minimum Gasteiger partial charge on any atom is -0.465 e. The molecule has 1 aliphatic heterocycles. The van der Waals surface area contributed by atoms with Gasteiger partial charge >= 0.3 is 12.1 Å². The number of methoxy groups -OCH3 is 1. The molecule has 0 bridgehead atoms. The van der Waals surface area contributed by atoms with Gasteiger partial charge in [0.05, 0.1) is 40.9 Å². The summed E-state index contributed by atoms with van der Waals surface area (Å²) in [5.41, 5.74) is 0.540. The highest BCUT2D eigenvalue weighted by atomic mass is 35.5. The van der Waals surface area contributed by atoms with Gasteiger partial charge in [-0.15, -0.1) is 0 Å². The van der Waals surface area contributed by atoms with Gasteiger partial charge in [0.15, 0.2) is 5.82 Å². The first-order chi connectivity index (χ1) is 17.6. The SMILES string of the molecule is COC(=O)c1cc2c(ncn2CCN2CCN(C(=O)OC(C)(C)C)CC2)c(F)c1Nc1ccccc1Cl. The molecule has 1 amide bonds. The Bertz CT molecular complexity index is 1300. The average molecular weight is 532 g/mol. The number of esters is 1. The lowest BCUT2D eigenvalue weighted by molar-refractivity contribution is 0.0143. The average Bonchev–Trinajstić information content (AvgIpc) is 3.27. The Morgan fingerprint density at radius 3 is 2.49 bits per heavy atom. The zero-order valence-electron chi connectivity index (χ0n) is 21.4. The number of carbonyl (C=O) groups is 2. The number of amides is 1. The quantitative estimate of drug-likeness (QED) is 0.452. The van der Waals surface area contributed by atoms with Crippen LogP contribution in [0.2, 0.25) is 5.02 Å². The topological polar surface area (TPSA) is 88.9 Å². The minimum atomic E-state index is -0.679. The lowest BCUT2D eigenvalue weighted by atomic mass is 10.1. The number of para-hydroxylation sites is 1. The molecule has 11 heteroatoms. The first kappa shape index (κ1) is 26.7. The van der Waals surface area contributed by atoms with Crippen LogP contribution in [0.1, 0.15) is 31.1 Å². The van der Waals surface area contributed by atoms with Crippen LogP contribution in [-0.2, 0) is 16.0 Å². The van der Waals surface area contributed by atoms with Gasteiger partial charge in [-0.05, 0) is 39.0 Å². The van der Waals surface area contributed by atoms with Crippen molar-refractivity contribution in [3.8, 4) is 0 Å². The maximum Gasteiger partial charge on any atom is 0.410 e. The van der Waals surface area contributed by atoms with E-state index in [0.717, 1.165) is 0 Å². The van der Waals surface area contributed by atoms with Gasteiger partial charge in [0, 0.05) is 39.3 Å². The Morgan fingerprint density at radius 2 is 1.84 bits per heavy atom. The number of nitrogens with zero attached hydrogens (tertiary/aromatic N) is 4. The predicted molar refractivity (Wildman–Crippen MR) is 140 cm³/mol. The molecule has 198 valence electrons. The molecule has 3 aromatic rings. The second kappa shape index (κ2) is 10.9. The summed E-state index contributed by atoms with van der Waals surface area (Å²) < 4.78 is 27.8. The first-order valence-electron chi connectivity index (χ1n) is 12.0. The number of aromatic nitrogens is 2. The standard InChI is InChI=1S/C26H31ClFN5O4/c1-26(2,3)37-25(35)32-12-9-31(10-13-32)11-14-33-16-29-23-20(33)15-17(24(34)36-4)22(21(23)28)30-19-8-6-5-7-18(19)27/h5-8,15-16,30H,9-14H2,1-4H3. The van der Waals surface area contributed by atoms with Crippen molar-refractivity contribution >= 4 is 46.1 Å². The van der Waals surface area contributed by atoms with Gasteiger partial charge < -0.3 is 24.3 Å². The summed E-state index contributed by atoms with van der Waals surface area (Å²) in [5, 5.41) is 3.31. The number of piperazine rings is 1. The molecular weight excluding hydrogens is 501 g/mol. The van der Waals surface area contributed by atoms with Crippen molar-refractivity contribution in [2.75, 3.05) is 45.2 Å². The summed E-state index contributed by atoms with van der Waals surface area (Å²) in [6.45, 7) is 9.26. The minimum absolute atomic E-state index is 0.0418. The third-order valence-electron chi connectivity index (χ3n) is 6.08. The number of imidazole rings is 1. The van der Waals surface area contributed by atoms with E-state index in [4.69, 9.17) is 21.1 Å². The first-order valence-corrected chi connectivity index (χ1v) is 12.4. The number of nitrogens with one attached hydrogen (secondary N) is 1. The second-order valence-electron chi connectivity index (χ2n) is 9.82. The molecule has 9 nitrogen and oxygen atoms in total. The van der Waals surface area contributed by atoms with Crippen LogP contribution in [0.15, 0.2) is 36.7 Å². The van der Waals surface area contributed by atoms with Crippen LogP contribution in [0.25, 0.3) is 11.0 Å². The molecule has 1 aromatic heterocycles. The van der Waals surface area contributed by atoms with E-state index in [1.54, 1.807) is 41.6 Å². The molecule has 1 aliphatic rings. The fourth-order valence-electron chi connectivity index (χ4n) is 4.16. The lowest BCUT2D eigenvalue weighted by Gasteiger charge is -2.35. The Labute approximate surface area is 220 Å². The summed E-state index contributed by atoms with van der Waals surface area (Å²) in [5.74, 6) is -1.34. The highest BCUT2D eigenvalue weighted by Crippen LogP contribution is 2.33. The van der Waals surface area contributed by atoms with Crippen LogP contribution in [-0.4, -0.2) is 76.8 Å². The number of anilines is 2. The van der Waals surface area contributed by atoms with Gasteiger partial charge in [-0.25, -0.2) is 19.0 Å². The van der Waals surface area contributed by atoms with Crippen molar-refractivity contribution in [3.05, 3.63) is 53.1 Å². The van der Waals surface area contributed by atoms with E-state index in [1.807, 2.05) is 25.3 Å². The second-order valence-corrected chi connectivity index (χ2v) is 10.2. The van der Waals surface area contributed by atoms with Gasteiger partial charge in [-0.3, -0.25) is 4.90 Å². The maximum absolute atomic E-state index is 15.6. The van der Waals surface area contributed by atoms with E-state index in [-0.39, 0.29) is 22.9 Å². The third-order valence-corrected chi connectivity index (χ3v) is 6.41. The van der Waals surface area contributed by atoms with Crippen LogP contribution in [0.3, 0.4) is 0 Å². The van der Waals surface area contributed by atoms with E-state index < -0.39 is 17.4 Å². The summed E-state index contributed by atoms with van der Waals surface area (Å²) >= 11 is 6.23. The zero-order valence-corrected chi connectivity index (χ0v) is 22.1. The smallest absolute Gasteiger partial charge is 0.410 e. The number of rotatable bonds is 6. The van der Waals surface area contributed by atoms with E-state index in [0.29, 0.717) is 55.5 Å². The summed E-state index contributed by atoms with van der Waals surface area (Å²) in [6, 6.07) is 8.45. The Kier molecular flexibility index (Phi) is 7.89. The van der Waals surface area contributed by atoms with Gasteiger partial charge in [-0.1, -0.05) is 23.7 Å². The third kappa shape index (κ3) is 6.14. The number of fused-ring (bicyclic) bond motifs is 1. The Hall–Kier alpha value is -3.37. The molecular formula is C26H31ClFN5O4. The van der Waals surface area contributed by atoms with Gasteiger partial charge in [0.1, 0.15) is 11.1 Å². The lowest BCUT2D eigenvalue weighted by Crippen LogP contribution is -2.50. The number of halogens is 2. The molecule has 2 aromatic carbocycles. The fourth-order valence-corrected chi connectivity index (χ4v) is 4.34. The van der Waals surface area contributed by atoms with Crippen LogP contribution in [0.5, 0.6) is 0 Å². The number of hydrogen-bond donors (Lipinski definition) is 1. The van der Waals surface area contributed by atoms with Crippen molar-refractivity contribution in [2.24, 2.45) is 0 Å². The molecule has 1 N–H and O–H groups in total. The fraction of sp³-hybridized carbons (Fsp3) is 0.423. The summed E-state index contributed by atoms with van der Waals surface area (Å²) in [4.78, 5) is 33.1. The molecule has 2 heterocycles. The maximum atomic E-state index is 15.6. The number of carbonyl (C=O) groups excluding carboxylic acids is 2. The van der Waals surface area contributed by atoms with Crippen LogP contribution < -0.4 is 5.32 Å². The van der Waals surface area contributed by atoms with Gasteiger partial charge in [-0.2, -0.15) is 0 Å². The van der Waals surface area contributed by atoms with Crippen molar-refractivity contribution < 1.29 is 23.5 Å². The van der Waals surface area contributed by atoms with Crippen molar-refractivity contribution in [2.45, 2.75) is 32.9 Å². The van der Waals surface area contributed by atoms with Crippen LogP contribution >= 0.6 is 11.6 Å². The van der Waals surface area contributed by atoms with E-state index in [9.17, 15) is 9.59 Å². The summed E-state index contributed by atoms with van der Waals surface area (Å²) in [7, 11) is 1.25. The highest BCUT2D eigenvalue weighted by molar-refractivity contribution is 6.33. The van der Waals surface area contributed by atoms with Crippen LogP contribution in [0, 0.1) is 5.82 Å². The molecule has 1 fully saturated rings. The Balaban J connectivity index is 1.50. The number of ether oxygens (including phenoxy) is 2. The molecule has 37 heavy (non-hydrogen) atoms. The van der Waals surface area contributed by atoms with Crippen molar-refractivity contribution in [1.82, 2.24) is 19.4 Å². The van der Waals surface area contributed by atoms with E-state index in [2.05, 4.69) is 15.2 Å². The van der Waals surface area contributed by atoms with Gasteiger partial charge in [0.25, 0.3) is 0 Å². The molecule has 0 aliphatic carbocycles. The van der Waals surface area contributed by atoms with E-state index in [1.165, 1.54) is 7.11 Å². The molecule has 0 saturated carbocycles. The molecule has 0 spiro atoms. The highest BCUT2D eigenvalue weighted by Gasteiger charge is 2.26. The molecule has 0 unspecified atom stereocenters. The monoisotopic (exact) mass is 531 g/mol. The Morgan fingerprint density at radius 1 is 1.14 bits per heavy atom. The van der Waals surface area contributed by atoms with E-state index >= 15 is 4.39 Å². The molecule has 0 atom stereocenters. The number of benzene rings is 2. The van der Waals surface area contributed by atoms with Crippen LogP contribution in [0.4, 0.5) is 20.6 Å². The molecule has 4 rings (SSSR count). The van der Waals surface area contributed by atoms with Gasteiger partial charge in [0.2, 0.25) is 0 Å². The molecule has 0 radical (unpaired) electrons. The largest absolute Gasteiger partial charge is 0.465 e. The number of hydrogen-bond acceptors (Lipinski definition) is 7. The summed E-state index contributed by atoms with van der Waals surface area (Å²) in [6.07, 6.45) is 1.25. The predicted octanol–water partition coefficient (Wildman–Crippen LogP) is 4.91. The molecule has 1 saturated heterocycles.